The van der Waals surface area contributed by atoms with Gasteiger partial charge in [0, 0.05) is 29.7 Å². The predicted molar refractivity (Wildman–Crippen MR) is 82.2 cm³/mol. The Morgan fingerprint density at radius 1 is 1.15 bits per heavy atom. The van der Waals surface area contributed by atoms with Gasteiger partial charge < -0.3 is 5.11 Å². The fourth-order valence-corrected chi connectivity index (χ4v) is 3.70. The molecule has 1 atom stereocenters. The van der Waals surface area contributed by atoms with Crippen LogP contribution in [0.25, 0.3) is 0 Å². The van der Waals surface area contributed by atoms with E-state index < -0.39 is 0 Å². The molecule has 0 saturated carbocycles. The molecular formula is C16H23ClN2O. The van der Waals surface area contributed by atoms with E-state index in [1.54, 1.807) is 12.1 Å². The highest BCUT2D eigenvalue weighted by atomic mass is 35.5. The van der Waals surface area contributed by atoms with E-state index in [1.165, 1.54) is 38.8 Å². The van der Waals surface area contributed by atoms with Crippen LogP contribution in [-0.2, 0) is 6.54 Å². The van der Waals surface area contributed by atoms with Gasteiger partial charge in [-0.25, -0.2) is 0 Å². The molecule has 0 bridgehead atoms. The summed E-state index contributed by atoms with van der Waals surface area (Å²) in [4.78, 5) is 5.10. The van der Waals surface area contributed by atoms with Crippen LogP contribution >= 0.6 is 11.6 Å². The molecule has 1 N–H and O–H groups in total. The molecule has 0 radical (unpaired) electrons. The molecule has 1 aromatic rings. The van der Waals surface area contributed by atoms with E-state index in [2.05, 4.69) is 9.80 Å². The molecule has 110 valence electrons. The Balaban J connectivity index is 1.63. The van der Waals surface area contributed by atoms with Gasteiger partial charge in [-0.2, -0.15) is 0 Å². The van der Waals surface area contributed by atoms with Gasteiger partial charge in [-0.15, -0.1) is 0 Å². The third-order valence-corrected chi connectivity index (χ3v) is 4.81. The van der Waals surface area contributed by atoms with E-state index in [4.69, 9.17) is 11.6 Å². The van der Waals surface area contributed by atoms with Crippen LogP contribution in [0, 0.1) is 0 Å². The minimum absolute atomic E-state index is 0.359. The number of likely N-dealkylation sites (tertiary alicyclic amines) is 2. The predicted octanol–water partition coefficient (Wildman–Crippen LogP) is 3.11. The van der Waals surface area contributed by atoms with Crippen molar-refractivity contribution in [2.45, 2.75) is 38.3 Å². The van der Waals surface area contributed by atoms with Gasteiger partial charge in [-0.3, -0.25) is 9.80 Å². The molecule has 4 heteroatoms. The molecule has 2 aliphatic rings. The first-order valence-corrected chi connectivity index (χ1v) is 8.04. The molecular weight excluding hydrogens is 272 g/mol. The van der Waals surface area contributed by atoms with Crippen LogP contribution in [0.1, 0.15) is 31.2 Å². The average molecular weight is 295 g/mol. The summed E-state index contributed by atoms with van der Waals surface area (Å²) in [5.74, 6) is 0.359. The molecule has 2 saturated heterocycles. The van der Waals surface area contributed by atoms with Crippen LogP contribution in [0.15, 0.2) is 18.2 Å². The highest BCUT2D eigenvalue weighted by Gasteiger charge is 2.27. The number of rotatable bonds is 3. The number of aromatic hydroxyl groups is 1. The van der Waals surface area contributed by atoms with E-state index in [-0.39, 0.29) is 0 Å². The van der Waals surface area contributed by atoms with Gasteiger partial charge >= 0.3 is 0 Å². The zero-order valence-electron chi connectivity index (χ0n) is 11.9. The first kappa shape index (κ1) is 14.2. The molecule has 2 fully saturated rings. The van der Waals surface area contributed by atoms with Crippen LogP contribution in [0.5, 0.6) is 5.75 Å². The maximum Gasteiger partial charge on any atom is 0.120 e. The quantitative estimate of drug-likeness (QED) is 0.928. The third kappa shape index (κ3) is 3.27. The van der Waals surface area contributed by atoms with E-state index in [0.717, 1.165) is 25.2 Å². The van der Waals surface area contributed by atoms with E-state index >= 15 is 0 Å². The Bertz CT molecular complexity index is 460. The lowest BCUT2D eigenvalue weighted by atomic mass is 10.0. The summed E-state index contributed by atoms with van der Waals surface area (Å²) >= 11 is 6.03. The molecule has 0 aromatic heterocycles. The van der Waals surface area contributed by atoms with Crippen molar-refractivity contribution in [1.82, 2.24) is 9.80 Å². The van der Waals surface area contributed by atoms with Crippen molar-refractivity contribution in [2.24, 2.45) is 0 Å². The number of benzene rings is 1. The summed E-state index contributed by atoms with van der Waals surface area (Å²) in [6.07, 6.45) is 5.28. The molecule has 20 heavy (non-hydrogen) atoms. The van der Waals surface area contributed by atoms with Crippen molar-refractivity contribution < 1.29 is 5.11 Å². The molecule has 2 heterocycles. The summed E-state index contributed by atoms with van der Waals surface area (Å²) < 4.78 is 0. The van der Waals surface area contributed by atoms with Crippen molar-refractivity contribution in [3.8, 4) is 5.75 Å². The minimum atomic E-state index is 0.359. The topological polar surface area (TPSA) is 26.7 Å². The number of hydrogen-bond acceptors (Lipinski definition) is 3. The van der Waals surface area contributed by atoms with Crippen LogP contribution in [-0.4, -0.2) is 47.1 Å². The van der Waals surface area contributed by atoms with Crippen LogP contribution < -0.4 is 0 Å². The van der Waals surface area contributed by atoms with Gasteiger partial charge in [0.1, 0.15) is 5.75 Å². The molecule has 3 nitrogen and oxygen atoms in total. The molecule has 0 aliphatic carbocycles. The van der Waals surface area contributed by atoms with E-state index in [1.807, 2.05) is 6.07 Å². The highest BCUT2D eigenvalue weighted by molar-refractivity contribution is 6.30. The number of hydrogen-bond donors (Lipinski definition) is 1. The Kier molecular flexibility index (Phi) is 4.49. The minimum Gasteiger partial charge on any atom is -0.508 e. The van der Waals surface area contributed by atoms with Gasteiger partial charge in [-0.1, -0.05) is 11.6 Å². The zero-order chi connectivity index (χ0) is 13.9. The molecule has 0 amide bonds. The lowest BCUT2D eigenvalue weighted by molar-refractivity contribution is 0.110. The van der Waals surface area contributed by atoms with E-state index in [9.17, 15) is 5.11 Å². The largest absolute Gasteiger partial charge is 0.508 e. The standard InChI is InChI=1S/C16H23ClN2O/c17-14-5-6-16(20)13(10-14)11-18-7-3-4-15(12-18)19-8-1-2-9-19/h5-6,10,15,20H,1-4,7-9,11-12H2. The lowest BCUT2D eigenvalue weighted by Gasteiger charge is -2.37. The second-order valence-electron chi connectivity index (χ2n) is 6.05. The number of phenolic OH excluding ortho intramolecular Hbond substituents is 1. The zero-order valence-corrected chi connectivity index (χ0v) is 12.6. The molecule has 0 spiro atoms. The Morgan fingerprint density at radius 2 is 1.95 bits per heavy atom. The van der Waals surface area contributed by atoms with Crippen molar-refractivity contribution in [3.05, 3.63) is 28.8 Å². The Hall–Kier alpha value is -0.770. The Labute approximate surface area is 126 Å². The monoisotopic (exact) mass is 294 g/mol. The Morgan fingerprint density at radius 3 is 2.75 bits per heavy atom. The fraction of sp³-hybridized carbons (Fsp3) is 0.625. The van der Waals surface area contributed by atoms with Gasteiger partial charge in [0.05, 0.1) is 0 Å². The van der Waals surface area contributed by atoms with Crippen LogP contribution in [0.2, 0.25) is 5.02 Å². The first-order chi connectivity index (χ1) is 9.72. The number of piperidine rings is 1. The van der Waals surface area contributed by atoms with Gasteiger partial charge in [0.2, 0.25) is 0 Å². The van der Waals surface area contributed by atoms with Gasteiger partial charge in [0.15, 0.2) is 0 Å². The summed E-state index contributed by atoms with van der Waals surface area (Å²) in [7, 11) is 0. The molecule has 1 aromatic carbocycles. The van der Waals surface area contributed by atoms with Crippen molar-refractivity contribution in [3.63, 3.8) is 0 Å². The lowest BCUT2D eigenvalue weighted by Crippen LogP contribution is -2.46. The first-order valence-electron chi connectivity index (χ1n) is 7.66. The van der Waals surface area contributed by atoms with Gasteiger partial charge in [0.25, 0.3) is 0 Å². The summed E-state index contributed by atoms with van der Waals surface area (Å²) in [5, 5.41) is 10.6. The van der Waals surface area contributed by atoms with Crippen molar-refractivity contribution in [1.29, 1.82) is 0 Å². The number of halogens is 1. The third-order valence-electron chi connectivity index (χ3n) is 4.57. The van der Waals surface area contributed by atoms with Gasteiger partial charge in [-0.05, 0) is 63.5 Å². The van der Waals surface area contributed by atoms with Crippen LogP contribution in [0.4, 0.5) is 0 Å². The SMILES string of the molecule is Oc1ccc(Cl)cc1CN1CCCC(N2CCCC2)C1. The normalized spacial score (nSPS) is 25.1. The number of nitrogens with zero attached hydrogens (tertiary/aromatic N) is 2. The second-order valence-corrected chi connectivity index (χ2v) is 6.48. The maximum absolute atomic E-state index is 9.95. The number of phenols is 1. The highest BCUT2D eigenvalue weighted by Crippen LogP contribution is 2.26. The maximum atomic E-state index is 9.95. The van der Waals surface area contributed by atoms with E-state index in [0.29, 0.717) is 16.8 Å². The average Bonchev–Trinajstić information content (AvgIpc) is 2.97. The molecule has 2 aliphatic heterocycles. The van der Waals surface area contributed by atoms with Crippen LogP contribution in [0.3, 0.4) is 0 Å². The molecule has 1 unspecified atom stereocenters. The summed E-state index contributed by atoms with van der Waals surface area (Å²) in [6.45, 7) is 5.57. The second kappa shape index (κ2) is 6.33. The summed E-state index contributed by atoms with van der Waals surface area (Å²) in [6, 6.07) is 6.02. The fourth-order valence-electron chi connectivity index (χ4n) is 3.50. The van der Waals surface area contributed by atoms with Crippen molar-refractivity contribution >= 4 is 11.6 Å². The van der Waals surface area contributed by atoms with Crippen molar-refractivity contribution in [2.75, 3.05) is 26.2 Å². The summed E-state index contributed by atoms with van der Waals surface area (Å²) in [5.41, 5.74) is 0.944. The molecule has 3 rings (SSSR count). The smallest absolute Gasteiger partial charge is 0.120 e.